The fraction of sp³-hybridized carbons (Fsp3) is 0.333. The van der Waals surface area contributed by atoms with Crippen LogP contribution in [0.2, 0.25) is 5.02 Å². The predicted molar refractivity (Wildman–Crippen MR) is 106 cm³/mol. The van der Waals surface area contributed by atoms with Crippen LogP contribution in [0.15, 0.2) is 30.3 Å². The smallest absolute Gasteiger partial charge is 0.189 e. The van der Waals surface area contributed by atoms with Crippen molar-refractivity contribution in [1.82, 2.24) is 4.98 Å². The van der Waals surface area contributed by atoms with Gasteiger partial charge in [-0.25, -0.2) is 0 Å². The van der Waals surface area contributed by atoms with Gasteiger partial charge in [-0.15, -0.1) is 0 Å². The molecule has 0 bridgehead atoms. The summed E-state index contributed by atoms with van der Waals surface area (Å²) in [6, 6.07) is 9.93. The lowest BCUT2D eigenvalue weighted by atomic mass is 9.79. The number of para-hydroxylation sites is 1. The summed E-state index contributed by atoms with van der Waals surface area (Å²) in [5.41, 5.74) is 6.57. The summed E-state index contributed by atoms with van der Waals surface area (Å²) >= 11 is 6.91. The maximum atomic E-state index is 9.84. The molecule has 4 heteroatoms. The number of hydrogen-bond donors (Lipinski definition) is 3. The van der Waals surface area contributed by atoms with Crippen LogP contribution >= 0.6 is 11.6 Å². The Balaban J connectivity index is 1.98. The first-order valence-corrected chi connectivity index (χ1v) is 9.07. The zero-order valence-electron chi connectivity index (χ0n) is 15.0. The Labute approximate surface area is 153 Å². The van der Waals surface area contributed by atoms with Crippen molar-refractivity contribution in [2.75, 3.05) is 5.32 Å². The number of fused-ring (bicyclic) bond motifs is 2. The van der Waals surface area contributed by atoms with Crippen LogP contribution in [0.3, 0.4) is 0 Å². The van der Waals surface area contributed by atoms with Crippen molar-refractivity contribution >= 4 is 28.2 Å². The summed E-state index contributed by atoms with van der Waals surface area (Å²) in [5, 5.41) is 15.3. The van der Waals surface area contributed by atoms with E-state index >= 15 is 0 Å². The molecular formula is C21H23ClN2O. The summed E-state index contributed by atoms with van der Waals surface area (Å²) in [6.07, 6.45) is 1.04. The highest BCUT2D eigenvalue weighted by Gasteiger charge is 2.33. The molecule has 3 N–H and O–H groups in total. The maximum Gasteiger partial charge on any atom is 0.189 e. The highest BCUT2D eigenvalue weighted by molar-refractivity contribution is 6.35. The molecule has 4 rings (SSSR count). The van der Waals surface area contributed by atoms with E-state index in [0.717, 1.165) is 33.5 Å². The lowest BCUT2D eigenvalue weighted by molar-refractivity contribution is 0.453. The molecule has 2 aromatic carbocycles. The van der Waals surface area contributed by atoms with E-state index in [4.69, 9.17) is 11.6 Å². The molecule has 1 aliphatic rings. The zero-order chi connectivity index (χ0) is 17.9. The Kier molecular flexibility index (Phi) is 3.55. The van der Waals surface area contributed by atoms with Crippen molar-refractivity contribution in [3.05, 3.63) is 46.5 Å². The second kappa shape index (κ2) is 5.43. The monoisotopic (exact) mass is 354 g/mol. The van der Waals surface area contributed by atoms with Gasteiger partial charge >= 0.3 is 0 Å². The molecule has 0 spiro atoms. The molecule has 0 saturated heterocycles. The topological polar surface area (TPSA) is 48.0 Å². The van der Waals surface area contributed by atoms with Crippen LogP contribution in [0, 0.1) is 6.92 Å². The van der Waals surface area contributed by atoms with E-state index in [1.807, 2.05) is 12.1 Å². The highest BCUT2D eigenvalue weighted by atomic mass is 35.5. The number of halogens is 1. The number of aromatic hydroxyl groups is 1. The van der Waals surface area contributed by atoms with E-state index in [2.05, 4.69) is 50.1 Å². The van der Waals surface area contributed by atoms with Gasteiger partial charge < -0.3 is 15.4 Å². The molecule has 0 amide bonds. The zero-order valence-corrected chi connectivity index (χ0v) is 15.8. The number of benzene rings is 2. The first kappa shape index (κ1) is 16.3. The van der Waals surface area contributed by atoms with Gasteiger partial charge in [-0.3, -0.25) is 0 Å². The van der Waals surface area contributed by atoms with Crippen LogP contribution < -0.4 is 5.32 Å². The lowest BCUT2D eigenvalue weighted by Crippen LogP contribution is -2.37. The van der Waals surface area contributed by atoms with Crippen molar-refractivity contribution in [3.63, 3.8) is 0 Å². The normalized spacial score (nSPS) is 18.8. The van der Waals surface area contributed by atoms with Gasteiger partial charge in [-0.05, 0) is 50.3 Å². The van der Waals surface area contributed by atoms with Crippen molar-refractivity contribution in [2.24, 2.45) is 0 Å². The van der Waals surface area contributed by atoms with Gasteiger partial charge in [0.05, 0.1) is 10.5 Å². The quantitative estimate of drug-likeness (QED) is 0.487. The molecule has 0 aliphatic carbocycles. The number of aromatic nitrogens is 1. The molecular weight excluding hydrogens is 332 g/mol. The van der Waals surface area contributed by atoms with E-state index < -0.39 is 0 Å². The molecule has 0 radical (unpaired) electrons. The van der Waals surface area contributed by atoms with E-state index in [-0.39, 0.29) is 11.4 Å². The predicted octanol–water partition coefficient (Wildman–Crippen LogP) is 6.20. The third-order valence-corrected chi connectivity index (χ3v) is 5.61. The Morgan fingerprint density at radius 1 is 1.20 bits per heavy atom. The molecule has 1 unspecified atom stereocenters. The van der Waals surface area contributed by atoms with Crippen LogP contribution in [0.5, 0.6) is 5.88 Å². The minimum atomic E-state index is 0.0628. The summed E-state index contributed by atoms with van der Waals surface area (Å²) in [5.74, 6) is 0.554. The van der Waals surface area contributed by atoms with Crippen LogP contribution in [-0.2, 0) is 0 Å². The Morgan fingerprint density at radius 2 is 1.96 bits per heavy atom. The Hall–Kier alpha value is -2.13. The summed E-state index contributed by atoms with van der Waals surface area (Å²) < 4.78 is 0. The van der Waals surface area contributed by atoms with Gasteiger partial charge in [0, 0.05) is 33.8 Å². The number of anilines is 1. The third-order valence-electron chi connectivity index (χ3n) is 5.20. The Morgan fingerprint density at radius 3 is 2.72 bits per heavy atom. The summed E-state index contributed by atoms with van der Waals surface area (Å²) in [6.45, 7) is 8.84. The fourth-order valence-corrected chi connectivity index (χ4v) is 4.70. The van der Waals surface area contributed by atoms with Gasteiger partial charge in [0.2, 0.25) is 0 Å². The largest absolute Gasteiger partial charge is 0.495 e. The van der Waals surface area contributed by atoms with Gasteiger partial charge in [-0.2, -0.15) is 0 Å². The molecule has 1 aromatic heterocycles. The standard InChI is InChI=1S/C21H23ClN2O/c1-11-8-15(14-7-5-6-13-9-16(25)23-20(13)14)18(22)17-12(2)10-21(3,4)24-19(11)17/h5-9,12,23-25H,10H2,1-4H3. The molecule has 3 nitrogen and oxygen atoms in total. The summed E-state index contributed by atoms with van der Waals surface area (Å²) in [4.78, 5) is 3.06. The minimum Gasteiger partial charge on any atom is -0.495 e. The van der Waals surface area contributed by atoms with Crippen molar-refractivity contribution in [2.45, 2.75) is 45.6 Å². The molecule has 25 heavy (non-hydrogen) atoms. The van der Waals surface area contributed by atoms with Crippen LogP contribution in [-0.4, -0.2) is 15.6 Å². The second-order valence-electron chi connectivity index (χ2n) is 7.88. The number of hydrogen-bond acceptors (Lipinski definition) is 2. The van der Waals surface area contributed by atoms with Gasteiger partial charge in [-0.1, -0.05) is 36.7 Å². The van der Waals surface area contributed by atoms with E-state index in [9.17, 15) is 5.11 Å². The fourth-order valence-electron chi connectivity index (χ4n) is 4.27. The van der Waals surface area contributed by atoms with Crippen LogP contribution in [0.1, 0.15) is 44.2 Å². The molecule has 0 fully saturated rings. The second-order valence-corrected chi connectivity index (χ2v) is 8.26. The SMILES string of the molecule is Cc1cc(-c2cccc3cc(O)[nH]c23)c(Cl)c2c1NC(C)(C)CC2C. The first-order chi connectivity index (χ1) is 11.8. The number of H-pyrrole nitrogens is 1. The van der Waals surface area contributed by atoms with Crippen molar-refractivity contribution in [1.29, 1.82) is 0 Å². The molecule has 1 atom stereocenters. The molecule has 2 heterocycles. The van der Waals surface area contributed by atoms with Crippen LogP contribution in [0.25, 0.3) is 22.0 Å². The Bertz CT molecular complexity index is 987. The number of aryl methyl sites for hydroxylation is 1. The van der Waals surface area contributed by atoms with Gasteiger partial charge in [0.1, 0.15) is 0 Å². The van der Waals surface area contributed by atoms with Crippen LogP contribution in [0.4, 0.5) is 5.69 Å². The van der Waals surface area contributed by atoms with Crippen molar-refractivity contribution < 1.29 is 5.11 Å². The molecule has 3 aromatic rings. The third kappa shape index (κ3) is 2.58. The van der Waals surface area contributed by atoms with Gasteiger partial charge in [0.15, 0.2) is 5.88 Å². The average molecular weight is 355 g/mol. The number of aromatic amines is 1. The summed E-state index contributed by atoms with van der Waals surface area (Å²) in [7, 11) is 0. The van der Waals surface area contributed by atoms with Gasteiger partial charge in [0.25, 0.3) is 0 Å². The lowest BCUT2D eigenvalue weighted by Gasteiger charge is -2.39. The molecule has 130 valence electrons. The minimum absolute atomic E-state index is 0.0628. The first-order valence-electron chi connectivity index (χ1n) is 8.69. The van der Waals surface area contributed by atoms with Crippen molar-refractivity contribution in [3.8, 4) is 17.0 Å². The maximum absolute atomic E-state index is 9.84. The molecule has 1 aliphatic heterocycles. The highest BCUT2D eigenvalue weighted by Crippen LogP contribution is 2.48. The van der Waals surface area contributed by atoms with E-state index in [1.165, 1.54) is 16.8 Å². The number of nitrogens with one attached hydrogen (secondary N) is 2. The average Bonchev–Trinajstić information content (AvgIpc) is 2.89. The number of rotatable bonds is 1. The van der Waals surface area contributed by atoms with E-state index in [0.29, 0.717) is 5.92 Å². The van der Waals surface area contributed by atoms with E-state index in [1.54, 1.807) is 6.07 Å². The molecule has 0 saturated carbocycles.